The van der Waals surface area contributed by atoms with Crippen LogP contribution in [0.4, 0.5) is 15.8 Å². The molecule has 0 radical (unpaired) electrons. The molecule has 3 fully saturated rings. The van der Waals surface area contributed by atoms with Crippen LogP contribution in [0.3, 0.4) is 0 Å². The minimum atomic E-state index is -1.74. The number of imide groups is 2. The second kappa shape index (κ2) is 14.7. The molecule has 9 rings (SSSR count). The number of carbonyl (C=O) groups excluding carboxylic acids is 4. The quantitative estimate of drug-likeness (QED) is 0.0869. The molecule has 1 saturated carbocycles. The number of allylic oxidation sites excluding steroid dienone is 2. The first-order chi connectivity index (χ1) is 28.9. The summed E-state index contributed by atoms with van der Waals surface area (Å²) in [6, 6.07) is 29.3. The summed E-state index contributed by atoms with van der Waals surface area (Å²) in [6.45, 7) is 0.205. The molecule has 0 bridgehead atoms. The number of rotatable bonds is 9. The zero-order valence-electron chi connectivity index (χ0n) is 31.5. The fraction of sp³-hybridized carbons (Fsp3) is 0.196. The largest absolute Gasteiger partial charge is 0.508 e. The number of nitrogens with zero attached hydrogens (tertiary/aromatic N) is 2. The van der Waals surface area contributed by atoms with Crippen LogP contribution in [0.25, 0.3) is 0 Å². The van der Waals surface area contributed by atoms with Crippen molar-refractivity contribution in [1.82, 2.24) is 5.01 Å². The molecule has 4 aliphatic rings. The molecule has 2 aliphatic heterocycles. The number of phenols is 2. The predicted octanol–water partition coefficient (Wildman–Crippen LogP) is 7.36. The number of anilines is 2. The van der Waals surface area contributed by atoms with Gasteiger partial charge < -0.3 is 20.1 Å². The van der Waals surface area contributed by atoms with E-state index in [2.05, 4.69) is 5.43 Å². The van der Waals surface area contributed by atoms with Gasteiger partial charge in [-0.15, -0.1) is 0 Å². The number of ether oxygens (including phenoxy) is 1. The topological polar surface area (TPSA) is 174 Å². The number of hydrogen-bond donors (Lipinski definition) is 4. The van der Waals surface area contributed by atoms with Crippen molar-refractivity contribution in [3.05, 3.63) is 160 Å². The van der Waals surface area contributed by atoms with E-state index in [1.165, 1.54) is 36.4 Å². The van der Waals surface area contributed by atoms with E-state index in [1.807, 2.05) is 36.4 Å². The van der Waals surface area contributed by atoms with Crippen LogP contribution >= 0.6 is 11.6 Å². The minimum Gasteiger partial charge on any atom is -0.508 e. The van der Waals surface area contributed by atoms with Gasteiger partial charge in [-0.3, -0.25) is 24.6 Å². The van der Waals surface area contributed by atoms with E-state index in [1.54, 1.807) is 36.4 Å². The summed E-state index contributed by atoms with van der Waals surface area (Å²) >= 11 is 6.39. The molecule has 0 aromatic heterocycles. The number of phenolic OH excluding ortho intramolecular Hbond substituents is 1. The summed E-state index contributed by atoms with van der Waals surface area (Å²) in [5.74, 6) is -9.92. The number of hydrogen-bond acceptors (Lipinski definition) is 9. The highest BCUT2D eigenvalue weighted by atomic mass is 35.5. The first kappa shape index (κ1) is 38.5. The maximum Gasteiger partial charge on any atom is 0.339 e. The summed E-state index contributed by atoms with van der Waals surface area (Å²) in [5, 5.41) is 33.3. The molecule has 5 aromatic rings. The van der Waals surface area contributed by atoms with Crippen molar-refractivity contribution in [2.45, 2.75) is 30.8 Å². The van der Waals surface area contributed by atoms with Crippen LogP contribution in [-0.2, 0) is 31.2 Å². The van der Waals surface area contributed by atoms with Gasteiger partial charge in [0.2, 0.25) is 11.8 Å². The summed E-state index contributed by atoms with van der Waals surface area (Å²) in [7, 11) is 0. The number of amides is 4. The molecule has 14 heteroatoms. The fourth-order valence-electron chi connectivity index (χ4n) is 9.69. The summed E-state index contributed by atoms with van der Waals surface area (Å²) in [4.78, 5) is 71.7. The van der Waals surface area contributed by atoms with E-state index in [-0.39, 0.29) is 42.1 Å². The van der Waals surface area contributed by atoms with Crippen LogP contribution < -0.4 is 15.1 Å². The molecule has 0 unspecified atom stereocenters. The molecule has 12 nitrogen and oxygen atoms in total. The smallest absolute Gasteiger partial charge is 0.339 e. The summed E-state index contributed by atoms with van der Waals surface area (Å²) in [5.41, 5.74) is 3.12. The van der Waals surface area contributed by atoms with Gasteiger partial charge in [0.25, 0.3) is 11.8 Å². The van der Waals surface area contributed by atoms with Crippen LogP contribution in [0.2, 0.25) is 5.02 Å². The van der Waals surface area contributed by atoms with Crippen molar-refractivity contribution in [2.75, 3.05) is 10.3 Å². The molecule has 2 aliphatic carbocycles. The van der Waals surface area contributed by atoms with Gasteiger partial charge in [-0.25, -0.2) is 14.1 Å². The Balaban J connectivity index is 1.19. The van der Waals surface area contributed by atoms with Crippen LogP contribution in [0.5, 0.6) is 17.2 Å². The van der Waals surface area contributed by atoms with Crippen LogP contribution in [0.1, 0.15) is 45.8 Å². The van der Waals surface area contributed by atoms with Gasteiger partial charge in [-0.1, -0.05) is 71.8 Å². The standard InChI is InChI=1S/C46H35ClFN3O9/c47-26-8-6-25(7-9-26)46-36(42(55)51(45(46)59)49-28-12-10-27(48)11-13-28)22-35-31(40(46)32-17-15-30(21-38(32)53)60-23-24-4-2-1-3-5-24)18-19-34-39(35)43(56)50(41(34)54)29-14-16-33(44(57)58)37(52)20-29/h1-18,20-21,34-36,39-40,49,52-53H,19,22-23H2,(H,57,58)/t34-,35+,36-,39-,40+,46+/m0/s1. The lowest BCUT2D eigenvalue weighted by molar-refractivity contribution is -0.138. The molecule has 60 heavy (non-hydrogen) atoms. The van der Waals surface area contributed by atoms with Gasteiger partial charge in [0.1, 0.15) is 35.2 Å². The number of carboxylic acids is 1. The molecular formula is C46H35ClFN3O9. The number of aromatic carboxylic acids is 1. The minimum absolute atomic E-state index is 0.0168. The van der Waals surface area contributed by atoms with Crippen molar-refractivity contribution in [2.24, 2.45) is 23.7 Å². The SMILES string of the molecule is O=C(O)c1ccc(N2C(=O)[C@H]3[C@H](CC=C4[C@H]3C[C@H]3C(=O)N(Nc5ccc(F)cc5)C(=O)[C@@]3(c3ccc(Cl)cc3)[C@H]4c3ccc(OCc4ccccc4)cc3O)C2=O)cc1O. The molecule has 6 atom stereocenters. The van der Waals surface area contributed by atoms with Crippen molar-refractivity contribution in [3.63, 3.8) is 0 Å². The Bertz CT molecular complexity index is 2640. The predicted molar refractivity (Wildman–Crippen MR) is 215 cm³/mol. The number of nitrogens with one attached hydrogen (secondary N) is 1. The number of halogens is 2. The van der Waals surface area contributed by atoms with Crippen LogP contribution in [0, 0.1) is 29.5 Å². The average molecular weight is 828 g/mol. The highest BCUT2D eigenvalue weighted by Crippen LogP contribution is 2.65. The monoisotopic (exact) mass is 827 g/mol. The molecule has 0 spiro atoms. The summed E-state index contributed by atoms with van der Waals surface area (Å²) < 4.78 is 20.0. The molecular weight excluding hydrogens is 793 g/mol. The lowest BCUT2D eigenvalue weighted by Crippen LogP contribution is -2.53. The molecule has 2 saturated heterocycles. The molecule has 4 amide bonds. The van der Waals surface area contributed by atoms with Gasteiger partial charge in [0.05, 0.1) is 34.5 Å². The Morgan fingerprint density at radius 2 is 1.57 bits per heavy atom. The van der Waals surface area contributed by atoms with E-state index in [4.69, 9.17) is 16.3 Å². The second-order valence-corrected chi connectivity index (χ2v) is 15.8. The molecule has 5 aromatic carbocycles. The van der Waals surface area contributed by atoms with Crippen LogP contribution in [0.15, 0.2) is 127 Å². The first-order valence-corrected chi connectivity index (χ1v) is 19.6. The normalized spacial score (nSPS) is 24.4. The van der Waals surface area contributed by atoms with Gasteiger partial charge >= 0.3 is 5.97 Å². The third kappa shape index (κ3) is 6.07. The van der Waals surface area contributed by atoms with E-state index < -0.39 is 81.7 Å². The highest BCUT2D eigenvalue weighted by Gasteiger charge is 2.70. The van der Waals surface area contributed by atoms with E-state index in [0.717, 1.165) is 27.6 Å². The lowest BCUT2D eigenvalue weighted by Gasteiger charge is -2.50. The van der Waals surface area contributed by atoms with Gasteiger partial charge in [0.15, 0.2) is 0 Å². The highest BCUT2D eigenvalue weighted by molar-refractivity contribution is 6.30. The van der Waals surface area contributed by atoms with Crippen molar-refractivity contribution in [3.8, 4) is 17.2 Å². The van der Waals surface area contributed by atoms with Gasteiger partial charge in [-0.2, -0.15) is 5.01 Å². The number of carbonyl (C=O) groups is 5. The zero-order chi connectivity index (χ0) is 42.0. The third-order valence-corrected chi connectivity index (χ3v) is 12.5. The van der Waals surface area contributed by atoms with Crippen molar-refractivity contribution < 1.29 is 48.4 Å². The molecule has 2 heterocycles. The Kier molecular flexibility index (Phi) is 9.43. The zero-order valence-corrected chi connectivity index (χ0v) is 32.3. The number of benzene rings is 5. The van der Waals surface area contributed by atoms with Crippen LogP contribution in [-0.4, -0.2) is 49.9 Å². The van der Waals surface area contributed by atoms with Crippen molar-refractivity contribution in [1.29, 1.82) is 0 Å². The maximum absolute atomic E-state index is 15.4. The van der Waals surface area contributed by atoms with Crippen molar-refractivity contribution >= 4 is 52.6 Å². The number of aromatic hydroxyl groups is 2. The van der Waals surface area contributed by atoms with Gasteiger partial charge in [-0.05, 0) is 84.5 Å². The van der Waals surface area contributed by atoms with E-state index in [0.29, 0.717) is 21.9 Å². The van der Waals surface area contributed by atoms with E-state index in [9.17, 15) is 38.9 Å². The third-order valence-electron chi connectivity index (χ3n) is 12.3. The average Bonchev–Trinajstić information content (AvgIpc) is 3.62. The first-order valence-electron chi connectivity index (χ1n) is 19.2. The maximum atomic E-state index is 15.4. The van der Waals surface area contributed by atoms with Gasteiger partial charge in [0, 0.05) is 28.6 Å². The Hall–Kier alpha value is -6.99. The Morgan fingerprint density at radius 1 is 0.833 bits per heavy atom. The number of carboxylic acid groups (broad SMARTS) is 1. The molecule has 4 N–H and O–H groups in total. The number of hydrazine groups is 1. The Labute approximate surface area is 347 Å². The second-order valence-electron chi connectivity index (χ2n) is 15.4. The molecule has 302 valence electrons. The van der Waals surface area contributed by atoms with E-state index >= 15 is 4.79 Å². The Morgan fingerprint density at radius 3 is 2.25 bits per heavy atom. The summed E-state index contributed by atoms with van der Waals surface area (Å²) in [6.07, 6.45) is 1.82. The lowest BCUT2D eigenvalue weighted by atomic mass is 9.49. The fourth-order valence-corrected chi connectivity index (χ4v) is 9.82. The number of fused-ring (bicyclic) bond motifs is 4.